The number of carbonyl (C=O) groups is 1. The van der Waals surface area contributed by atoms with Gasteiger partial charge in [-0.15, -0.1) is 0 Å². The van der Waals surface area contributed by atoms with Gasteiger partial charge in [0.15, 0.2) is 0 Å². The fourth-order valence-electron chi connectivity index (χ4n) is 1.93. The summed E-state index contributed by atoms with van der Waals surface area (Å²) in [5.74, 6) is 1.49. The van der Waals surface area contributed by atoms with Gasteiger partial charge in [-0.1, -0.05) is 5.16 Å². The first kappa shape index (κ1) is 11.2. The van der Waals surface area contributed by atoms with Crippen molar-refractivity contribution in [3.8, 4) is 0 Å². The van der Waals surface area contributed by atoms with Gasteiger partial charge in [-0.25, -0.2) is 0 Å². The van der Waals surface area contributed by atoms with Gasteiger partial charge >= 0.3 is 0 Å². The van der Waals surface area contributed by atoms with E-state index in [1.54, 1.807) is 0 Å². The molecular weight excluding hydrogens is 204 g/mol. The lowest BCUT2D eigenvalue weighted by atomic mass is 10.1. The highest BCUT2D eigenvalue weighted by molar-refractivity contribution is 5.79. The Kier molecular flexibility index (Phi) is 2.99. The molecule has 16 heavy (non-hydrogen) atoms. The molecule has 1 saturated carbocycles. The highest BCUT2D eigenvalue weighted by Crippen LogP contribution is 2.32. The van der Waals surface area contributed by atoms with Gasteiger partial charge < -0.3 is 9.84 Å². The Morgan fingerprint density at radius 3 is 2.75 bits per heavy atom. The molecule has 1 amide bonds. The maximum absolute atomic E-state index is 11.8. The first-order chi connectivity index (χ1) is 7.58. The summed E-state index contributed by atoms with van der Waals surface area (Å²) in [4.78, 5) is 11.8. The van der Waals surface area contributed by atoms with Crippen LogP contribution in [-0.4, -0.2) is 17.1 Å². The highest BCUT2D eigenvalue weighted by atomic mass is 16.5. The number of nitrogens with zero attached hydrogens (tertiary/aromatic N) is 1. The molecule has 1 aliphatic carbocycles. The molecule has 1 aromatic rings. The Morgan fingerprint density at radius 1 is 1.56 bits per heavy atom. The minimum absolute atomic E-state index is 0.0637. The SMILES string of the molecule is Cc1noc(C)c1CC(=O)N[C@@H](C)C1CC1. The van der Waals surface area contributed by atoms with E-state index in [0.29, 0.717) is 18.4 Å². The summed E-state index contributed by atoms with van der Waals surface area (Å²) in [6.07, 6.45) is 2.86. The van der Waals surface area contributed by atoms with E-state index in [0.717, 1.165) is 17.0 Å². The summed E-state index contributed by atoms with van der Waals surface area (Å²) in [7, 11) is 0. The molecule has 0 aliphatic heterocycles. The van der Waals surface area contributed by atoms with Gasteiger partial charge in [0.25, 0.3) is 0 Å². The number of aromatic nitrogens is 1. The van der Waals surface area contributed by atoms with Gasteiger partial charge in [0.05, 0.1) is 12.1 Å². The number of hydrogen-bond donors (Lipinski definition) is 1. The van der Waals surface area contributed by atoms with Crippen LogP contribution in [-0.2, 0) is 11.2 Å². The van der Waals surface area contributed by atoms with E-state index in [4.69, 9.17) is 4.52 Å². The van der Waals surface area contributed by atoms with Crippen molar-refractivity contribution in [2.24, 2.45) is 5.92 Å². The molecule has 88 valence electrons. The van der Waals surface area contributed by atoms with Crippen LogP contribution in [0.5, 0.6) is 0 Å². The van der Waals surface area contributed by atoms with Gasteiger partial charge in [-0.3, -0.25) is 4.79 Å². The fraction of sp³-hybridized carbons (Fsp3) is 0.667. The van der Waals surface area contributed by atoms with Crippen molar-refractivity contribution < 1.29 is 9.32 Å². The van der Waals surface area contributed by atoms with Crippen molar-refractivity contribution >= 4 is 5.91 Å². The Morgan fingerprint density at radius 2 is 2.25 bits per heavy atom. The second-order valence-corrected chi connectivity index (χ2v) is 4.67. The topological polar surface area (TPSA) is 55.1 Å². The van der Waals surface area contributed by atoms with Gasteiger partial charge in [-0.05, 0) is 39.5 Å². The molecule has 1 fully saturated rings. The molecule has 1 aliphatic rings. The number of rotatable bonds is 4. The lowest BCUT2D eigenvalue weighted by Gasteiger charge is -2.12. The number of nitrogens with one attached hydrogen (secondary N) is 1. The minimum Gasteiger partial charge on any atom is -0.361 e. The molecule has 1 atom stereocenters. The molecule has 0 aromatic carbocycles. The predicted molar refractivity (Wildman–Crippen MR) is 60.0 cm³/mol. The number of amides is 1. The maximum Gasteiger partial charge on any atom is 0.224 e. The maximum atomic E-state index is 11.8. The van der Waals surface area contributed by atoms with Crippen LogP contribution >= 0.6 is 0 Å². The molecular formula is C12H18N2O2. The molecule has 1 N–H and O–H groups in total. The molecule has 1 aromatic heterocycles. The summed E-state index contributed by atoms with van der Waals surface area (Å²) in [6, 6.07) is 0.299. The first-order valence-corrected chi connectivity index (χ1v) is 5.79. The fourth-order valence-corrected chi connectivity index (χ4v) is 1.93. The van der Waals surface area contributed by atoms with Crippen LogP contribution in [0.3, 0.4) is 0 Å². The summed E-state index contributed by atoms with van der Waals surface area (Å²) >= 11 is 0. The van der Waals surface area contributed by atoms with Gasteiger partial charge in [0.2, 0.25) is 5.91 Å². The molecule has 4 nitrogen and oxygen atoms in total. The monoisotopic (exact) mass is 222 g/mol. The third kappa shape index (κ3) is 2.43. The standard InChI is InChI=1S/C12H18N2O2/c1-7(10-4-5-10)13-12(15)6-11-8(2)14-16-9(11)3/h7,10H,4-6H2,1-3H3,(H,13,15)/t7-/m0/s1. The van der Waals surface area contributed by atoms with Crippen molar-refractivity contribution in [2.45, 2.75) is 46.1 Å². The van der Waals surface area contributed by atoms with E-state index in [2.05, 4.69) is 17.4 Å². The van der Waals surface area contributed by atoms with Gasteiger partial charge in [-0.2, -0.15) is 0 Å². The van der Waals surface area contributed by atoms with Gasteiger partial charge in [0.1, 0.15) is 5.76 Å². The summed E-state index contributed by atoms with van der Waals surface area (Å²) in [6.45, 7) is 5.78. The van der Waals surface area contributed by atoms with Crippen LogP contribution in [0.25, 0.3) is 0 Å². The quantitative estimate of drug-likeness (QED) is 0.844. The predicted octanol–water partition coefficient (Wildman–Crippen LogP) is 1.75. The van der Waals surface area contributed by atoms with Crippen LogP contribution in [0.2, 0.25) is 0 Å². The molecule has 1 heterocycles. The first-order valence-electron chi connectivity index (χ1n) is 5.79. The van der Waals surface area contributed by atoms with E-state index in [9.17, 15) is 4.79 Å². The van der Waals surface area contributed by atoms with Crippen molar-refractivity contribution in [3.05, 3.63) is 17.0 Å². The largest absolute Gasteiger partial charge is 0.361 e. The van der Waals surface area contributed by atoms with E-state index in [-0.39, 0.29) is 5.91 Å². The van der Waals surface area contributed by atoms with Gasteiger partial charge in [0, 0.05) is 11.6 Å². The Labute approximate surface area is 95.4 Å². The van der Waals surface area contributed by atoms with Crippen LogP contribution in [0.1, 0.15) is 36.8 Å². The number of aryl methyl sites for hydroxylation is 2. The molecule has 0 saturated heterocycles. The zero-order valence-corrected chi connectivity index (χ0v) is 10.0. The third-order valence-corrected chi connectivity index (χ3v) is 3.24. The second-order valence-electron chi connectivity index (χ2n) is 4.67. The van der Waals surface area contributed by atoms with Crippen LogP contribution < -0.4 is 5.32 Å². The zero-order valence-electron chi connectivity index (χ0n) is 10.0. The van der Waals surface area contributed by atoms with Crippen LogP contribution in [0.4, 0.5) is 0 Å². The number of carbonyl (C=O) groups excluding carboxylic acids is 1. The van der Waals surface area contributed by atoms with E-state index < -0.39 is 0 Å². The van der Waals surface area contributed by atoms with Crippen LogP contribution in [0, 0.1) is 19.8 Å². The smallest absolute Gasteiger partial charge is 0.224 e. The Bertz CT molecular complexity index is 374. The molecule has 2 rings (SSSR count). The number of hydrogen-bond acceptors (Lipinski definition) is 3. The summed E-state index contributed by atoms with van der Waals surface area (Å²) in [5.41, 5.74) is 1.73. The summed E-state index contributed by atoms with van der Waals surface area (Å²) in [5, 5.41) is 6.87. The van der Waals surface area contributed by atoms with E-state index in [1.165, 1.54) is 12.8 Å². The third-order valence-electron chi connectivity index (χ3n) is 3.24. The van der Waals surface area contributed by atoms with E-state index >= 15 is 0 Å². The van der Waals surface area contributed by atoms with Crippen molar-refractivity contribution in [3.63, 3.8) is 0 Å². The van der Waals surface area contributed by atoms with E-state index in [1.807, 2.05) is 13.8 Å². The Hall–Kier alpha value is -1.32. The lowest BCUT2D eigenvalue weighted by molar-refractivity contribution is -0.121. The highest BCUT2D eigenvalue weighted by Gasteiger charge is 2.29. The average Bonchev–Trinajstić information content (AvgIpc) is 3.01. The molecule has 0 unspecified atom stereocenters. The molecule has 0 spiro atoms. The zero-order chi connectivity index (χ0) is 11.7. The normalized spacial score (nSPS) is 17.2. The van der Waals surface area contributed by atoms with Crippen molar-refractivity contribution in [2.75, 3.05) is 0 Å². The second kappa shape index (κ2) is 4.28. The molecule has 0 bridgehead atoms. The van der Waals surface area contributed by atoms with Crippen molar-refractivity contribution in [1.82, 2.24) is 10.5 Å². The van der Waals surface area contributed by atoms with Crippen LogP contribution in [0.15, 0.2) is 4.52 Å². The van der Waals surface area contributed by atoms with Crippen molar-refractivity contribution in [1.29, 1.82) is 0 Å². The Balaban J connectivity index is 1.91. The minimum atomic E-state index is 0.0637. The lowest BCUT2D eigenvalue weighted by Crippen LogP contribution is -2.35. The summed E-state index contributed by atoms with van der Waals surface area (Å²) < 4.78 is 5.03. The average molecular weight is 222 g/mol. The molecule has 0 radical (unpaired) electrons. The molecule has 4 heteroatoms.